The summed E-state index contributed by atoms with van der Waals surface area (Å²) < 4.78 is 0. The first-order valence-corrected chi connectivity index (χ1v) is 12.5. The predicted molar refractivity (Wildman–Crippen MR) is 138 cm³/mol. The molecule has 0 aliphatic carbocycles. The van der Waals surface area contributed by atoms with E-state index >= 15 is 0 Å². The third-order valence-corrected chi connectivity index (χ3v) is 5.67. The van der Waals surface area contributed by atoms with E-state index in [0.29, 0.717) is 0 Å². The lowest BCUT2D eigenvalue weighted by molar-refractivity contribution is -0.133. The Morgan fingerprint density at radius 3 is 1.41 bits per heavy atom. The van der Waals surface area contributed by atoms with Crippen LogP contribution in [0.25, 0.3) is 0 Å². The van der Waals surface area contributed by atoms with E-state index < -0.39 is 72.7 Å². The zero-order valence-corrected chi connectivity index (χ0v) is 23.1. The summed E-state index contributed by atoms with van der Waals surface area (Å²) in [6.45, 7) is 13.1. The zero-order valence-electron chi connectivity index (χ0n) is 23.1. The largest absolute Gasteiger partial charge is 0.368 e. The van der Waals surface area contributed by atoms with Crippen molar-refractivity contribution in [1.29, 1.82) is 0 Å². The summed E-state index contributed by atoms with van der Waals surface area (Å²) in [6, 6.07) is -3.53. The summed E-state index contributed by atoms with van der Waals surface area (Å²) in [6.07, 6.45) is 0. The van der Waals surface area contributed by atoms with Crippen LogP contribution >= 0.6 is 0 Å². The van der Waals surface area contributed by atoms with E-state index in [0.717, 1.165) is 0 Å². The number of amides is 6. The molecule has 9 N–H and O–H groups in total. The standard InChI is InChI=1S/C24H45N7O6/c1-11(2)17(25)22(35)31-19(13(5)6)23(36)28-9-15(32)27-10-16(33)29-20(14(7)8)24(37)30-18(12(3)4)21(26)34/h11-14,17-20H,9-10,25H2,1-8H3,(H2,26,34)(H,27,32)(H,28,36)(H,29,33)(H,30,37)(H,31,35)/t17-,18-,19-,20-/m0/s1. The van der Waals surface area contributed by atoms with Crippen molar-refractivity contribution in [2.75, 3.05) is 13.1 Å². The Balaban J connectivity index is 4.86. The Kier molecular flexibility index (Phi) is 14.4. The van der Waals surface area contributed by atoms with Crippen LogP contribution in [0.2, 0.25) is 0 Å². The monoisotopic (exact) mass is 527 g/mol. The maximum atomic E-state index is 12.6. The molecule has 0 saturated carbocycles. The Labute approximate surface area is 219 Å². The SMILES string of the molecule is CC(C)[C@H](N)C(=O)N[C@H](C(=O)NCC(=O)NCC(=O)N[C@H](C(=O)N[C@H](C(N)=O)C(C)C)C(C)C)C(C)C. The maximum Gasteiger partial charge on any atom is 0.243 e. The van der Waals surface area contributed by atoms with Gasteiger partial charge in [0.15, 0.2) is 0 Å². The summed E-state index contributed by atoms with van der Waals surface area (Å²) in [5.41, 5.74) is 11.2. The average molecular weight is 528 g/mol. The molecule has 4 atom stereocenters. The number of carbonyl (C=O) groups excluding carboxylic acids is 6. The summed E-state index contributed by atoms with van der Waals surface area (Å²) in [5, 5.41) is 12.5. The molecule has 0 unspecified atom stereocenters. The lowest BCUT2D eigenvalue weighted by atomic mass is 10.00. The van der Waals surface area contributed by atoms with Gasteiger partial charge in [-0.3, -0.25) is 28.8 Å². The third kappa shape index (κ3) is 12.0. The van der Waals surface area contributed by atoms with E-state index in [1.165, 1.54) is 0 Å². The van der Waals surface area contributed by atoms with Crippen molar-refractivity contribution in [2.24, 2.45) is 35.1 Å². The first-order valence-electron chi connectivity index (χ1n) is 12.5. The van der Waals surface area contributed by atoms with Gasteiger partial charge in [0.1, 0.15) is 18.1 Å². The Hall–Kier alpha value is -3.22. The van der Waals surface area contributed by atoms with Gasteiger partial charge in [0.2, 0.25) is 35.4 Å². The molecule has 0 bridgehead atoms. The molecule has 0 radical (unpaired) electrons. The van der Waals surface area contributed by atoms with E-state index in [2.05, 4.69) is 26.6 Å². The molecule has 0 aromatic heterocycles. The van der Waals surface area contributed by atoms with Gasteiger partial charge in [0, 0.05) is 0 Å². The van der Waals surface area contributed by atoms with Crippen LogP contribution in [-0.4, -0.2) is 72.7 Å². The van der Waals surface area contributed by atoms with Crippen LogP contribution in [0, 0.1) is 23.7 Å². The van der Waals surface area contributed by atoms with Crippen LogP contribution in [0.15, 0.2) is 0 Å². The number of rotatable bonds is 15. The van der Waals surface area contributed by atoms with Crippen LogP contribution in [-0.2, 0) is 28.8 Å². The highest BCUT2D eigenvalue weighted by Crippen LogP contribution is 2.07. The number of nitrogens with one attached hydrogen (secondary N) is 5. The molecule has 212 valence electrons. The molecule has 0 saturated heterocycles. The van der Waals surface area contributed by atoms with Crippen molar-refractivity contribution in [2.45, 2.75) is 79.6 Å². The van der Waals surface area contributed by atoms with Crippen LogP contribution in [0.5, 0.6) is 0 Å². The lowest BCUT2D eigenvalue weighted by Gasteiger charge is -2.26. The highest BCUT2D eigenvalue weighted by atomic mass is 16.2. The van der Waals surface area contributed by atoms with Crippen molar-refractivity contribution >= 4 is 35.4 Å². The van der Waals surface area contributed by atoms with Gasteiger partial charge in [0.05, 0.1) is 19.1 Å². The predicted octanol–water partition coefficient (Wildman–Crippen LogP) is -1.89. The number of primary amides is 1. The first kappa shape index (κ1) is 33.8. The minimum atomic E-state index is -0.961. The van der Waals surface area contributed by atoms with E-state index in [4.69, 9.17) is 11.5 Å². The third-order valence-electron chi connectivity index (χ3n) is 5.67. The van der Waals surface area contributed by atoms with Gasteiger partial charge >= 0.3 is 0 Å². The molecule has 0 heterocycles. The van der Waals surface area contributed by atoms with E-state index in [-0.39, 0.29) is 23.7 Å². The van der Waals surface area contributed by atoms with Gasteiger partial charge in [-0.1, -0.05) is 55.4 Å². The molecule has 37 heavy (non-hydrogen) atoms. The Morgan fingerprint density at radius 2 is 0.973 bits per heavy atom. The number of nitrogens with two attached hydrogens (primary N) is 2. The smallest absolute Gasteiger partial charge is 0.243 e. The molecule has 0 fully saturated rings. The second-order valence-corrected chi connectivity index (χ2v) is 10.4. The molecule has 6 amide bonds. The van der Waals surface area contributed by atoms with Crippen LogP contribution < -0.4 is 38.1 Å². The number of hydrogen-bond acceptors (Lipinski definition) is 7. The van der Waals surface area contributed by atoms with E-state index in [1.54, 1.807) is 55.4 Å². The highest BCUT2D eigenvalue weighted by molar-refractivity contribution is 5.94. The van der Waals surface area contributed by atoms with Crippen molar-refractivity contribution in [3.63, 3.8) is 0 Å². The van der Waals surface area contributed by atoms with Gasteiger partial charge in [-0.15, -0.1) is 0 Å². The van der Waals surface area contributed by atoms with Gasteiger partial charge in [-0.2, -0.15) is 0 Å². The van der Waals surface area contributed by atoms with Gasteiger partial charge < -0.3 is 38.1 Å². The fourth-order valence-electron chi connectivity index (χ4n) is 3.17. The van der Waals surface area contributed by atoms with E-state index in [9.17, 15) is 28.8 Å². The fraction of sp³-hybridized carbons (Fsp3) is 0.750. The van der Waals surface area contributed by atoms with Crippen LogP contribution in [0.4, 0.5) is 0 Å². The van der Waals surface area contributed by atoms with E-state index in [1.807, 2.05) is 0 Å². The number of hydrogen-bond donors (Lipinski definition) is 7. The molecule has 0 rings (SSSR count). The average Bonchev–Trinajstić information content (AvgIpc) is 2.79. The molecule has 0 aliphatic heterocycles. The molecule has 0 aromatic rings. The van der Waals surface area contributed by atoms with Gasteiger partial charge in [0.25, 0.3) is 0 Å². The lowest BCUT2D eigenvalue weighted by Crippen LogP contribution is -2.57. The topological polar surface area (TPSA) is 215 Å². The molecule has 0 aromatic carbocycles. The Bertz CT molecular complexity index is 828. The van der Waals surface area contributed by atoms with Crippen LogP contribution in [0.3, 0.4) is 0 Å². The maximum absolute atomic E-state index is 12.6. The highest BCUT2D eigenvalue weighted by Gasteiger charge is 2.30. The quantitative estimate of drug-likeness (QED) is 0.128. The van der Waals surface area contributed by atoms with Crippen LogP contribution in [0.1, 0.15) is 55.4 Å². The summed E-state index contributed by atoms with van der Waals surface area (Å²) in [4.78, 5) is 73.5. The molecule has 13 heteroatoms. The summed E-state index contributed by atoms with van der Waals surface area (Å²) in [7, 11) is 0. The first-order chi connectivity index (χ1) is 17.0. The minimum absolute atomic E-state index is 0.117. The molecule has 0 aliphatic rings. The fourth-order valence-corrected chi connectivity index (χ4v) is 3.17. The van der Waals surface area contributed by atoms with Gasteiger partial charge in [-0.05, 0) is 23.7 Å². The number of carbonyl (C=O) groups is 6. The summed E-state index contributed by atoms with van der Waals surface area (Å²) >= 11 is 0. The Morgan fingerprint density at radius 1 is 0.541 bits per heavy atom. The molecular weight excluding hydrogens is 482 g/mol. The zero-order chi connectivity index (χ0) is 29.0. The van der Waals surface area contributed by atoms with Crippen molar-refractivity contribution < 1.29 is 28.8 Å². The molecule has 13 nitrogen and oxygen atoms in total. The van der Waals surface area contributed by atoms with Crippen molar-refractivity contribution in [3.8, 4) is 0 Å². The van der Waals surface area contributed by atoms with Crippen molar-refractivity contribution in [3.05, 3.63) is 0 Å². The molecular formula is C24H45N7O6. The normalized spacial score (nSPS) is 14.5. The minimum Gasteiger partial charge on any atom is -0.368 e. The second-order valence-electron chi connectivity index (χ2n) is 10.4. The summed E-state index contributed by atoms with van der Waals surface area (Å²) in [5.74, 6) is -4.50. The van der Waals surface area contributed by atoms with Gasteiger partial charge in [-0.25, -0.2) is 0 Å². The molecule has 0 spiro atoms. The van der Waals surface area contributed by atoms with Crippen molar-refractivity contribution in [1.82, 2.24) is 26.6 Å². The second kappa shape index (κ2) is 15.8.